The third kappa shape index (κ3) is 4.12. The molecule has 2 aromatic rings. The molecule has 0 amide bonds. The van der Waals surface area contributed by atoms with Crippen LogP contribution in [0.25, 0.3) is 0 Å². The van der Waals surface area contributed by atoms with E-state index in [0.29, 0.717) is 0 Å². The van der Waals surface area contributed by atoms with Crippen LogP contribution in [0, 0.1) is 0 Å². The van der Waals surface area contributed by atoms with Crippen molar-refractivity contribution in [3.05, 3.63) is 48.0 Å². The second-order valence-electron chi connectivity index (χ2n) is 5.55. The van der Waals surface area contributed by atoms with Gasteiger partial charge >= 0.3 is 0 Å². The summed E-state index contributed by atoms with van der Waals surface area (Å²) in [6.07, 6.45) is 9.59. The Balaban J connectivity index is 2.06. The van der Waals surface area contributed by atoms with Crippen molar-refractivity contribution in [2.24, 2.45) is 12.8 Å². The summed E-state index contributed by atoms with van der Waals surface area (Å²) < 4.78 is 1.83. The molecular weight excluding hydrogens is 262 g/mol. The zero-order valence-corrected chi connectivity index (χ0v) is 13.1. The molecule has 0 aliphatic rings. The van der Waals surface area contributed by atoms with Gasteiger partial charge in [-0.1, -0.05) is 6.92 Å². The number of hydrogen-bond acceptors (Lipinski definition) is 4. The smallest absolute Gasteiger partial charge is 0.0538 e. The number of nitrogens with two attached hydrogens (primary N) is 1. The molecule has 0 aliphatic heterocycles. The first kappa shape index (κ1) is 15.7. The Labute approximate surface area is 126 Å². The van der Waals surface area contributed by atoms with Gasteiger partial charge in [0.2, 0.25) is 0 Å². The second-order valence-corrected chi connectivity index (χ2v) is 5.55. The Hall–Kier alpha value is -1.72. The van der Waals surface area contributed by atoms with Gasteiger partial charge in [-0.15, -0.1) is 0 Å². The van der Waals surface area contributed by atoms with Crippen LogP contribution in [0.4, 0.5) is 0 Å². The Morgan fingerprint density at radius 3 is 2.62 bits per heavy atom. The maximum atomic E-state index is 6.34. The molecule has 21 heavy (non-hydrogen) atoms. The molecule has 114 valence electrons. The molecule has 0 radical (unpaired) electrons. The van der Waals surface area contributed by atoms with Crippen LogP contribution in [0.1, 0.15) is 30.5 Å². The maximum absolute atomic E-state index is 6.34. The predicted molar refractivity (Wildman–Crippen MR) is 84.8 cm³/mol. The van der Waals surface area contributed by atoms with Crippen molar-refractivity contribution < 1.29 is 0 Å². The van der Waals surface area contributed by atoms with Crippen molar-refractivity contribution in [1.29, 1.82) is 0 Å². The summed E-state index contributed by atoms with van der Waals surface area (Å²) in [4.78, 5) is 6.38. The average Bonchev–Trinajstić information content (AvgIpc) is 2.92. The number of nitrogens with zero attached hydrogens (tertiary/aromatic N) is 4. The maximum Gasteiger partial charge on any atom is 0.0538 e. The SMILES string of the molecule is CCC(N)C(c1cnn(C)c1)N(C)CCc1ccncc1. The lowest BCUT2D eigenvalue weighted by atomic mass is 9.99. The van der Waals surface area contributed by atoms with Crippen molar-refractivity contribution in [2.75, 3.05) is 13.6 Å². The molecule has 0 saturated carbocycles. The monoisotopic (exact) mass is 287 g/mol. The van der Waals surface area contributed by atoms with E-state index in [1.165, 1.54) is 11.1 Å². The lowest BCUT2D eigenvalue weighted by molar-refractivity contribution is 0.212. The summed E-state index contributed by atoms with van der Waals surface area (Å²) >= 11 is 0. The fraction of sp³-hybridized carbons (Fsp3) is 0.500. The highest BCUT2D eigenvalue weighted by Crippen LogP contribution is 2.23. The molecule has 0 saturated heterocycles. The highest BCUT2D eigenvalue weighted by molar-refractivity contribution is 5.14. The third-order valence-electron chi connectivity index (χ3n) is 3.92. The normalized spacial score (nSPS) is 14.3. The topological polar surface area (TPSA) is 60.0 Å². The molecule has 5 nitrogen and oxygen atoms in total. The van der Waals surface area contributed by atoms with E-state index < -0.39 is 0 Å². The minimum absolute atomic E-state index is 0.108. The van der Waals surface area contributed by atoms with Crippen molar-refractivity contribution in [1.82, 2.24) is 19.7 Å². The van der Waals surface area contributed by atoms with Gasteiger partial charge in [-0.25, -0.2) is 0 Å². The molecule has 5 heteroatoms. The van der Waals surface area contributed by atoms with E-state index in [9.17, 15) is 0 Å². The van der Waals surface area contributed by atoms with Gasteiger partial charge in [0.1, 0.15) is 0 Å². The average molecular weight is 287 g/mol. The summed E-state index contributed by atoms with van der Waals surface area (Å²) in [6, 6.07) is 4.43. The highest BCUT2D eigenvalue weighted by Gasteiger charge is 2.24. The zero-order valence-electron chi connectivity index (χ0n) is 13.1. The van der Waals surface area contributed by atoms with Crippen LogP contribution in [0.3, 0.4) is 0 Å². The number of aryl methyl sites for hydroxylation is 1. The molecule has 2 rings (SSSR count). The van der Waals surface area contributed by atoms with Crippen LogP contribution in [-0.4, -0.2) is 39.3 Å². The van der Waals surface area contributed by atoms with Crippen molar-refractivity contribution >= 4 is 0 Å². The number of pyridine rings is 1. The minimum Gasteiger partial charge on any atom is -0.326 e. The Morgan fingerprint density at radius 1 is 1.33 bits per heavy atom. The van der Waals surface area contributed by atoms with Gasteiger partial charge < -0.3 is 5.73 Å². The standard InChI is InChI=1S/C16H25N5/c1-4-15(17)16(14-11-19-21(3)12-14)20(2)10-7-13-5-8-18-9-6-13/h5-6,8-9,11-12,15-16H,4,7,10,17H2,1-3H3. The van der Waals surface area contributed by atoms with E-state index in [4.69, 9.17) is 5.73 Å². The Kier molecular flexibility index (Phi) is 5.47. The van der Waals surface area contributed by atoms with Gasteiger partial charge in [-0.2, -0.15) is 5.10 Å². The molecule has 0 spiro atoms. The predicted octanol–water partition coefficient (Wildman–Crippen LogP) is 1.77. The largest absolute Gasteiger partial charge is 0.326 e. The molecule has 2 aromatic heterocycles. The van der Waals surface area contributed by atoms with Crippen molar-refractivity contribution in [3.63, 3.8) is 0 Å². The number of likely N-dealkylation sites (N-methyl/N-ethyl adjacent to an activating group) is 1. The van der Waals surface area contributed by atoms with E-state index >= 15 is 0 Å². The molecule has 0 aliphatic carbocycles. The van der Waals surface area contributed by atoms with E-state index in [1.54, 1.807) is 0 Å². The van der Waals surface area contributed by atoms with Gasteiger partial charge in [0, 0.05) is 43.8 Å². The van der Waals surface area contributed by atoms with Gasteiger partial charge in [0.25, 0.3) is 0 Å². The summed E-state index contributed by atoms with van der Waals surface area (Å²) in [5.41, 5.74) is 8.82. The summed E-state index contributed by atoms with van der Waals surface area (Å²) in [5, 5.41) is 4.28. The summed E-state index contributed by atoms with van der Waals surface area (Å²) in [5.74, 6) is 0. The van der Waals surface area contributed by atoms with Crippen LogP contribution < -0.4 is 5.73 Å². The van der Waals surface area contributed by atoms with E-state index in [1.807, 2.05) is 30.3 Å². The third-order valence-corrected chi connectivity index (χ3v) is 3.92. The number of aromatic nitrogens is 3. The lowest BCUT2D eigenvalue weighted by Gasteiger charge is -2.31. The Bertz CT molecular complexity index is 537. The molecule has 2 unspecified atom stereocenters. The minimum atomic E-state index is 0.108. The molecule has 2 heterocycles. The van der Waals surface area contributed by atoms with Crippen LogP contribution in [0.2, 0.25) is 0 Å². The molecule has 0 fully saturated rings. The zero-order chi connectivity index (χ0) is 15.2. The Morgan fingerprint density at radius 2 is 2.05 bits per heavy atom. The summed E-state index contributed by atoms with van der Waals surface area (Å²) in [7, 11) is 4.07. The number of rotatable bonds is 7. The number of hydrogen-bond donors (Lipinski definition) is 1. The molecular formula is C16H25N5. The van der Waals surface area contributed by atoms with Crippen molar-refractivity contribution in [3.8, 4) is 0 Å². The van der Waals surface area contributed by atoms with Crippen LogP contribution >= 0.6 is 0 Å². The molecule has 0 bridgehead atoms. The molecule has 0 aromatic carbocycles. The molecule has 2 N–H and O–H groups in total. The second kappa shape index (κ2) is 7.33. The van der Waals surface area contributed by atoms with E-state index in [2.05, 4.69) is 47.3 Å². The quantitative estimate of drug-likeness (QED) is 0.843. The highest BCUT2D eigenvalue weighted by atomic mass is 15.2. The van der Waals surface area contributed by atoms with E-state index in [-0.39, 0.29) is 12.1 Å². The van der Waals surface area contributed by atoms with Gasteiger partial charge in [-0.3, -0.25) is 14.6 Å². The van der Waals surface area contributed by atoms with Crippen molar-refractivity contribution in [2.45, 2.75) is 31.8 Å². The first-order valence-electron chi connectivity index (χ1n) is 7.45. The van der Waals surface area contributed by atoms with Gasteiger partial charge in [0.15, 0.2) is 0 Å². The van der Waals surface area contributed by atoms with Gasteiger partial charge in [-0.05, 0) is 37.6 Å². The van der Waals surface area contributed by atoms with Gasteiger partial charge in [0.05, 0.1) is 12.2 Å². The lowest BCUT2D eigenvalue weighted by Crippen LogP contribution is -2.39. The summed E-state index contributed by atoms with van der Waals surface area (Å²) in [6.45, 7) is 3.09. The van der Waals surface area contributed by atoms with Crippen LogP contribution in [-0.2, 0) is 13.5 Å². The molecule has 2 atom stereocenters. The van der Waals surface area contributed by atoms with Crippen LogP contribution in [0.15, 0.2) is 36.9 Å². The van der Waals surface area contributed by atoms with E-state index in [0.717, 1.165) is 19.4 Å². The first-order valence-corrected chi connectivity index (χ1v) is 7.45. The fourth-order valence-electron chi connectivity index (χ4n) is 2.64. The van der Waals surface area contributed by atoms with Crippen LogP contribution in [0.5, 0.6) is 0 Å². The fourth-order valence-corrected chi connectivity index (χ4v) is 2.64. The first-order chi connectivity index (χ1) is 10.1.